The third kappa shape index (κ3) is 5.48. The summed E-state index contributed by atoms with van der Waals surface area (Å²) < 4.78 is 31.4. The van der Waals surface area contributed by atoms with E-state index in [1.807, 2.05) is 11.8 Å². The van der Waals surface area contributed by atoms with E-state index in [2.05, 4.69) is 41.5 Å². The Morgan fingerprint density at radius 1 is 1.13 bits per heavy atom. The average molecular weight is 360 g/mol. The summed E-state index contributed by atoms with van der Waals surface area (Å²) in [4.78, 5) is -0.0727. The van der Waals surface area contributed by atoms with Gasteiger partial charge in [0.2, 0.25) is 0 Å². The second kappa shape index (κ2) is 7.13. The van der Waals surface area contributed by atoms with Gasteiger partial charge in [0.25, 0.3) is 10.1 Å². The van der Waals surface area contributed by atoms with Crippen molar-refractivity contribution in [3.63, 3.8) is 0 Å². The molecule has 0 saturated carbocycles. The molecule has 0 radical (unpaired) electrons. The molecular formula is C17H29NO3S2. The summed E-state index contributed by atoms with van der Waals surface area (Å²) in [6.45, 7) is 13.6. The molecule has 0 spiro atoms. The van der Waals surface area contributed by atoms with E-state index in [4.69, 9.17) is 10.3 Å². The lowest BCUT2D eigenvalue weighted by molar-refractivity contribution is 0.415. The van der Waals surface area contributed by atoms with Crippen molar-refractivity contribution in [2.45, 2.75) is 61.8 Å². The first kappa shape index (κ1) is 20.5. The molecule has 1 rings (SSSR count). The Kier molecular flexibility index (Phi) is 6.35. The minimum atomic E-state index is -4.16. The maximum absolute atomic E-state index is 11.2. The molecule has 1 aromatic rings. The molecule has 0 aliphatic carbocycles. The SMILES string of the molecule is CC(C)C(c1ccc(S(=O)(=O)O)cc1)C(C)(C)SC(C)(C)CN. The summed E-state index contributed by atoms with van der Waals surface area (Å²) in [6, 6.07) is 6.53. The van der Waals surface area contributed by atoms with E-state index in [-0.39, 0.29) is 20.3 Å². The van der Waals surface area contributed by atoms with Crippen LogP contribution in [0.15, 0.2) is 29.2 Å². The lowest BCUT2D eigenvalue weighted by Crippen LogP contribution is -2.38. The molecule has 0 amide bonds. The van der Waals surface area contributed by atoms with Gasteiger partial charge in [0.05, 0.1) is 4.90 Å². The van der Waals surface area contributed by atoms with Crippen LogP contribution in [0.25, 0.3) is 0 Å². The predicted molar refractivity (Wildman–Crippen MR) is 98.6 cm³/mol. The van der Waals surface area contributed by atoms with Gasteiger partial charge in [-0.2, -0.15) is 8.42 Å². The van der Waals surface area contributed by atoms with Crippen molar-refractivity contribution in [2.24, 2.45) is 11.7 Å². The third-order valence-electron chi connectivity index (χ3n) is 3.98. The Hall–Kier alpha value is -0.560. The molecule has 0 aliphatic rings. The van der Waals surface area contributed by atoms with E-state index >= 15 is 0 Å². The monoisotopic (exact) mass is 359 g/mol. The zero-order chi connectivity index (χ0) is 18.1. The lowest BCUT2D eigenvalue weighted by Gasteiger charge is -2.42. The van der Waals surface area contributed by atoms with Gasteiger partial charge in [0, 0.05) is 22.0 Å². The van der Waals surface area contributed by atoms with Gasteiger partial charge in [0.15, 0.2) is 0 Å². The minimum Gasteiger partial charge on any atom is -0.329 e. The Bertz CT molecular complexity index is 620. The highest BCUT2D eigenvalue weighted by Crippen LogP contribution is 2.48. The fourth-order valence-corrected chi connectivity index (χ4v) is 5.78. The molecule has 132 valence electrons. The largest absolute Gasteiger partial charge is 0.329 e. The van der Waals surface area contributed by atoms with Crippen LogP contribution in [0.1, 0.15) is 53.0 Å². The Morgan fingerprint density at radius 3 is 1.96 bits per heavy atom. The maximum Gasteiger partial charge on any atom is 0.294 e. The normalized spacial score (nSPS) is 15.0. The number of rotatable bonds is 7. The summed E-state index contributed by atoms with van der Waals surface area (Å²) in [5, 5.41) is 0. The molecule has 1 aromatic carbocycles. The predicted octanol–water partition coefficient (Wildman–Crippen LogP) is 3.92. The second-order valence-corrected chi connectivity index (χ2v) is 11.2. The molecular weight excluding hydrogens is 330 g/mol. The Balaban J connectivity index is 3.21. The van der Waals surface area contributed by atoms with Crippen molar-refractivity contribution in [2.75, 3.05) is 6.54 Å². The molecule has 23 heavy (non-hydrogen) atoms. The van der Waals surface area contributed by atoms with E-state index < -0.39 is 10.1 Å². The standard InChI is InChI=1S/C17H29NO3S2/c1-12(2)15(17(5,6)22-16(3,4)11-18)13-7-9-14(10-8-13)23(19,20)21/h7-10,12,15H,11,18H2,1-6H3,(H,19,20,21). The number of benzene rings is 1. The summed E-state index contributed by atoms with van der Waals surface area (Å²) in [6.07, 6.45) is 0. The maximum atomic E-state index is 11.2. The Labute approximate surface area is 145 Å². The van der Waals surface area contributed by atoms with Crippen LogP contribution in [0.5, 0.6) is 0 Å². The van der Waals surface area contributed by atoms with Crippen molar-refractivity contribution in [1.82, 2.24) is 0 Å². The summed E-state index contributed by atoms with van der Waals surface area (Å²) >= 11 is 1.85. The lowest BCUT2D eigenvalue weighted by atomic mass is 9.79. The zero-order valence-electron chi connectivity index (χ0n) is 14.8. The molecule has 0 aliphatic heterocycles. The van der Waals surface area contributed by atoms with E-state index in [0.29, 0.717) is 12.5 Å². The first-order chi connectivity index (χ1) is 10.3. The van der Waals surface area contributed by atoms with Crippen LogP contribution >= 0.6 is 11.8 Å². The van der Waals surface area contributed by atoms with Crippen LogP contribution in [0.2, 0.25) is 0 Å². The number of thioether (sulfide) groups is 1. The van der Waals surface area contributed by atoms with Crippen LogP contribution in [0.3, 0.4) is 0 Å². The molecule has 0 bridgehead atoms. The van der Waals surface area contributed by atoms with Gasteiger partial charge in [-0.25, -0.2) is 0 Å². The molecule has 0 fully saturated rings. The first-order valence-corrected chi connectivity index (χ1v) is 10.0. The minimum absolute atomic E-state index is 0.0367. The first-order valence-electron chi connectivity index (χ1n) is 7.78. The van der Waals surface area contributed by atoms with Crippen molar-refractivity contribution in [3.8, 4) is 0 Å². The summed E-state index contributed by atoms with van der Waals surface area (Å²) in [5.74, 6) is 0.608. The van der Waals surface area contributed by atoms with E-state index in [1.54, 1.807) is 12.1 Å². The molecule has 4 nitrogen and oxygen atoms in total. The van der Waals surface area contributed by atoms with E-state index in [0.717, 1.165) is 5.56 Å². The van der Waals surface area contributed by atoms with Gasteiger partial charge in [-0.15, -0.1) is 11.8 Å². The molecule has 0 aromatic heterocycles. The van der Waals surface area contributed by atoms with Crippen molar-refractivity contribution < 1.29 is 13.0 Å². The van der Waals surface area contributed by atoms with Crippen molar-refractivity contribution in [3.05, 3.63) is 29.8 Å². The quantitative estimate of drug-likeness (QED) is 0.721. The number of nitrogens with two attached hydrogens (primary N) is 1. The van der Waals surface area contributed by atoms with Crippen LogP contribution < -0.4 is 5.73 Å². The van der Waals surface area contributed by atoms with Gasteiger partial charge in [0.1, 0.15) is 0 Å². The fraction of sp³-hybridized carbons (Fsp3) is 0.647. The van der Waals surface area contributed by atoms with Crippen molar-refractivity contribution >= 4 is 21.9 Å². The van der Waals surface area contributed by atoms with Crippen LogP contribution in [-0.4, -0.2) is 29.0 Å². The van der Waals surface area contributed by atoms with Gasteiger partial charge < -0.3 is 5.73 Å². The van der Waals surface area contributed by atoms with Crippen molar-refractivity contribution in [1.29, 1.82) is 0 Å². The highest BCUT2D eigenvalue weighted by Gasteiger charge is 2.38. The van der Waals surface area contributed by atoms with E-state index in [9.17, 15) is 8.42 Å². The smallest absolute Gasteiger partial charge is 0.294 e. The van der Waals surface area contributed by atoms with Crippen LogP contribution in [0.4, 0.5) is 0 Å². The summed E-state index contributed by atoms with van der Waals surface area (Å²) in [7, 11) is -4.16. The van der Waals surface area contributed by atoms with Gasteiger partial charge in [-0.05, 0) is 37.5 Å². The van der Waals surface area contributed by atoms with Gasteiger partial charge >= 0.3 is 0 Å². The molecule has 1 unspecified atom stereocenters. The molecule has 0 heterocycles. The Morgan fingerprint density at radius 2 is 1.61 bits per heavy atom. The van der Waals surface area contributed by atoms with Gasteiger partial charge in [-0.3, -0.25) is 4.55 Å². The number of hydrogen-bond donors (Lipinski definition) is 2. The fourth-order valence-electron chi connectivity index (χ4n) is 3.25. The van der Waals surface area contributed by atoms with E-state index in [1.165, 1.54) is 12.1 Å². The topological polar surface area (TPSA) is 80.4 Å². The molecule has 3 N–H and O–H groups in total. The number of hydrogen-bond acceptors (Lipinski definition) is 4. The average Bonchev–Trinajstić information content (AvgIpc) is 2.36. The molecule has 6 heteroatoms. The summed E-state index contributed by atoms with van der Waals surface area (Å²) in [5.41, 5.74) is 6.95. The molecule has 0 saturated heterocycles. The van der Waals surface area contributed by atoms with Crippen LogP contribution in [0, 0.1) is 5.92 Å². The highest BCUT2D eigenvalue weighted by molar-refractivity contribution is 8.02. The molecule has 1 atom stereocenters. The highest BCUT2D eigenvalue weighted by atomic mass is 32.2. The van der Waals surface area contributed by atoms with Crippen LogP contribution in [-0.2, 0) is 10.1 Å². The second-order valence-electron chi connectivity index (χ2n) is 7.44. The zero-order valence-corrected chi connectivity index (χ0v) is 16.5. The third-order valence-corrected chi connectivity index (χ3v) is 6.35. The van der Waals surface area contributed by atoms with Gasteiger partial charge in [-0.1, -0.05) is 39.8 Å².